The van der Waals surface area contributed by atoms with Crippen molar-refractivity contribution in [3.8, 4) is 0 Å². The van der Waals surface area contributed by atoms with Gasteiger partial charge < -0.3 is 4.79 Å². The van der Waals surface area contributed by atoms with E-state index in [1.165, 1.54) is 12.8 Å². The molecule has 0 aromatic carbocycles. The number of hydrogen-bond donors (Lipinski definition) is 0. The van der Waals surface area contributed by atoms with Crippen molar-refractivity contribution in [3.63, 3.8) is 0 Å². The van der Waals surface area contributed by atoms with Crippen molar-refractivity contribution in [3.05, 3.63) is 0 Å². The van der Waals surface area contributed by atoms with Gasteiger partial charge in [-0.25, -0.2) is 0 Å². The second kappa shape index (κ2) is 2.35. The largest absolute Gasteiger partial charge is 0.301 e. The normalized spacial score (nSPS) is 19.6. The van der Waals surface area contributed by atoms with Gasteiger partial charge in [0.25, 0.3) is 0 Å². The Kier molecular flexibility index (Phi) is 1.82. The SMILES string of the molecule is CN(C1CC1)C(C)(C)C=O. The van der Waals surface area contributed by atoms with Gasteiger partial charge in [0.15, 0.2) is 0 Å². The van der Waals surface area contributed by atoms with Crippen LogP contribution in [0.3, 0.4) is 0 Å². The molecule has 1 aliphatic carbocycles. The van der Waals surface area contributed by atoms with Crippen LogP contribution >= 0.6 is 0 Å². The Balaban J connectivity index is 2.51. The average molecular weight is 141 g/mol. The maximum absolute atomic E-state index is 10.6. The molecule has 0 radical (unpaired) electrons. The molecule has 0 unspecified atom stereocenters. The van der Waals surface area contributed by atoms with Crippen LogP contribution in [0.5, 0.6) is 0 Å². The lowest BCUT2D eigenvalue weighted by atomic mass is 10.1. The fraction of sp³-hybridized carbons (Fsp3) is 0.875. The van der Waals surface area contributed by atoms with Crippen molar-refractivity contribution in [2.24, 2.45) is 0 Å². The second-order valence-electron chi connectivity index (χ2n) is 3.61. The molecule has 0 aromatic rings. The Morgan fingerprint density at radius 3 is 2.30 bits per heavy atom. The van der Waals surface area contributed by atoms with E-state index in [1.807, 2.05) is 20.9 Å². The second-order valence-corrected chi connectivity index (χ2v) is 3.61. The van der Waals surface area contributed by atoms with Gasteiger partial charge in [0.05, 0.1) is 5.54 Å². The third-order valence-electron chi connectivity index (χ3n) is 2.29. The predicted octanol–water partition coefficient (Wildman–Crippen LogP) is 1.06. The summed E-state index contributed by atoms with van der Waals surface area (Å²) in [6.45, 7) is 3.91. The van der Waals surface area contributed by atoms with Crippen LogP contribution in [0.1, 0.15) is 26.7 Å². The van der Waals surface area contributed by atoms with Gasteiger partial charge in [0.2, 0.25) is 0 Å². The van der Waals surface area contributed by atoms with E-state index in [9.17, 15) is 4.79 Å². The molecule has 2 nitrogen and oxygen atoms in total. The summed E-state index contributed by atoms with van der Waals surface area (Å²) in [5, 5.41) is 0. The Hall–Kier alpha value is -0.370. The van der Waals surface area contributed by atoms with Crippen LogP contribution in [0.25, 0.3) is 0 Å². The van der Waals surface area contributed by atoms with Gasteiger partial charge in [0.1, 0.15) is 6.29 Å². The van der Waals surface area contributed by atoms with Crippen LogP contribution in [-0.2, 0) is 4.79 Å². The van der Waals surface area contributed by atoms with Gasteiger partial charge in [-0.1, -0.05) is 0 Å². The summed E-state index contributed by atoms with van der Waals surface area (Å²) in [6, 6.07) is 0.667. The molecule has 0 heterocycles. The van der Waals surface area contributed by atoms with Gasteiger partial charge in [-0.15, -0.1) is 0 Å². The molecule has 10 heavy (non-hydrogen) atoms. The summed E-state index contributed by atoms with van der Waals surface area (Å²) >= 11 is 0. The minimum absolute atomic E-state index is 0.263. The summed E-state index contributed by atoms with van der Waals surface area (Å²) in [7, 11) is 2.02. The molecule has 0 spiro atoms. The predicted molar refractivity (Wildman–Crippen MR) is 40.9 cm³/mol. The Labute approximate surface area is 62.2 Å². The molecule has 58 valence electrons. The van der Waals surface area contributed by atoms with Crippen LogP contribution in [0.4, 0.5) is 0 Å². The fourth-order valence-electron chi connectivity index (χ4n) is 1.02. The smallest absolute Gasteiger partial charge is 0.139 e. The molecule has 0 atom stereocenters. The van der Waals surface area contributed by atoms with Crippen molar-refractivity contribution in [1.29, 1.82) is 0 Å². The molecule has 0 aromatic heterocycles. The summed E-state index contributed by atoms with van der Waals surface area (Å²) in [6.07, 6.45) is 3.53. The van der Waals surface area contributed by atoms with E-state index in [0.29, 0.717) is 6.04 Å². The molecule has 1 saturated carbocycles. The number of hydrogen-bond acceptors (Lipinski definition) is 2. The molecular weight excluding hydrogens is 126 g/mol. The minimum Gasteiger partial charge on any atom is -0.301 e. The minimum atomic E-state index is -0.263. The first-order valence-electron chi connectivity index (χ1n) is 3.77. The lowest BCUT2D eigenvalue weighted by Crippen LogP contribution is -2.43. The van der Waals surface area contributed by atoms with Crippen molar-refractivity contribution in [2.75, 3.05) is 7.05 Å². The third kappa shape index (κ3) is 1.37. The molecule has 1 aliphatic rings. The van der Waals surface area contributed by atoms with Crippen LogP contribution in [0, 0.1) is 0 Å². The summed E-state index contributed by atoms with van der Waals surface area (Å²) in [4.78, 5) is 12.7. The first-order valence-corrected chi connectivity index (χ1v) is 3.77. The van der Waals surface area contributed by atoms with Crippen molar-refractivity contribution in [1.82, 2.24) is 4.90 Å². The zero-order chi connectivity index (χ0) is 7.78. The molecule has 1 fully saturated rings. The highest BCUT2D eigenvalue weighted by Crippen LogP contribution is 2.29. The van der Waals surface area contributed by atoms with Crippen LogP contribution < -0.4 is 0 Å². The van der Waals surface area contributed by atoms with Crippen molar-refractivity contribution < 1.29 is 4.79 Å². The van der Waals surface area contributed by atoms with E-state index in [0.717, 1.165) is 6.29 Å². The highest BCUT2D eigenvalue weighted by molar-refractivity contribution is 5.62. The zero-order valence-electron chi connectivity index (χ0n) is 6.92. The van der Waals surface area contributed by atoms with E-state index < -0.39 is 0 Å². The van der Waals surface area contributed by atoms with E-state index >= 15 is 0 Å². The maximum atomic E-state index is 10.6. The van der Waals surface area contributed by atoms with E-state index in [-0.39, 0.29) is 5.54 Å². The van der Waals surface area contributed by atoms with Gasteiger partial charge in [-0.05, 0) is 33.7 Å². The summed E-state index contributed by atoms with van der Waals surface area (Å²) < 4.78 is 0. The van der Waals surface area contributed by atoms with Crippen molar-refractivity contribution >= 4 is 6.29 Å². The zero-order valence-corrected chi connectivity index (χ0v) is 6.92. The number of aldehydes is 1. The molecule has 0 saturated heterocycles. The molecule has 0 amide bonds. The van der Waals surface area contributed by atoms with Crippen LogP contribution in [0.15, 0.2) is 0 Å². The lowest BCUT2D eigenvalue weighted by molar-refractivity contribution is -0.116. The number of carbonyl (C=O) groups is 1. The summed E-state index contributed by atoms with van der Waals surface area (Å²) in [5.41, 5.74) is -0.263. The molecule has 0 N–H and O–H groups in total. The Morgan fingerprint density at radius 1 is 1.50 bits per heavy atom. The Bertz CT molecular complexity index is 138. The number of rotatable bonds is 3. The summed E-state index contributed by atoms with van der Waals surface area (Å²) in [5.74, 6) is 0. The maximum Gasteiger partial charge on any atom is 0.139 e. The van der Waals surface area contributed by atoms with Gasteiger partial charge in [0, 0.05) is 6.04 Å². The quantitative estimate of drug-likeness (QED) is 0.548. The van der Waals surface area contributed by atoms with Gasteiger partial charge in [-0.2, -0.15) is 0 Å². The molecular formula is C8H15NO. The first-order chi connectivity index (χ1) is 4.58. The molecule has 1 rings (SSSR count). The van der Waals surface area contributed by atoms with Crippen LogP contribution in [0.2, 0.25) is 0 Å². The highest BCUT2D eigenvalue weighted by atomic mass is 16.1. The molecule has 2 heteroatoms. The molecule has 0 aliphatic heterocycles. The number of nitrogens with zero attached hydrogens (tertiary/aromatic N) is 1. The lowest BCUT2D eigenvalue weighted by Gasteiger charge is -2.30. The number of carbonyl (C=O) groups excluding carboxylic acids is 1. The van der Waals surface area contributed by atoms with Gasteiger partial charge in [-0.3, -0.25) is 4.90 Å². The fourth-order valence-corrected chi connectivity index (χ4v) is 1.02. The third-order valence-corrected chi connectivity index (χ3v) is 2.29. The standard InChI is InChI=1S/C8H15NO/c1-8(2,6-10)9(3)7-4-5-7/h6-7H,4-5H2,1-3H3. The topological polar surface area (TPSA) is 20.3 Å². The van der Waals surface area contributed by atoms with E-state index in [4.69, 9.17) is 0 Å². The van der Waals surface area contributed by atoms with Crippen LogP contribution in [-0.4, -0.2) is 29.8 Å². The molecule has 0 bridgehead atoms. The average Bonchev–Trinajstić information content (AvgIpc) is 2.68. The van der Waals surface area contributed by atoms with Gasteiger partial charge >= 0.3 is 0 Å². The van der Waals surface area contributed by atoms with Crippen molar-refractivity contribution in [2.45, 2.75) is 38.3 Å². The van der Waals surface area contributed by atoms with E-state index in [1.54, 1.807) is 0 Å². The monoisotopic (exact) mass is 141 g/mol. The highest BCUT2D eigenvalue weighted by Gasteiger charge is 2.35. The first kappa shape index (κ1) is 7.73. The Morgan fingerprint density at radius 2 is 2.00 bits per heavy atom. The number of likely N-dealkylation sites (N-methyl/N-ethyl adjacent to an activating group) is 1. The van der Waals surface area contributed by atoms with E-state index in [2.05, 4.69) is 4.90 Å².